The highest BCUT2D eigenvalue weighted by molar-refractivity contribution is 7.59. The molecule has 0 amide bonds. The second kappa shape index (κ2) is 9.07. The average molecular weight is 398 g/mol. The first-order valence-corrected chi connectivity index (χ1v) is 10.5. The fourth-order valence-corrected chi connectivity index (χ4v) is 4.48. The molecule has 0 radical (unpaired) electrons. The van der Waals surface area contributed by atoms with Crippen LogP contribution in [-0.4, -0.2) is 23.8 Å². The SMILES string of the molecule is CC/C=C(\Nc1nccs1)P(=O)(OCC)Oc1cc(C)c(O)c(OC)c1. The summed E-state index contributed by atoms with van der Waals surface area (Å²) in [6.07, 6.45) is 4.03. The molecule has 2 aromatic rings. The number of phenolic OH excluding ortho intramolecular Hbond substituents is 1. The number of benzene rings is 1. The van der Waals surface area contributed by atoms with E-state index in [0.717, 1.165) is 0 Å². The minimum Gasteiger partial charge on any atom is -0.504 e. The Kier molecular flexibility index (Phi) is 7.08. The molecule has 2 rings (SSSR count). The number of thiazole rings is 1. The number of aromatic hydroxyl groups is 1. The van der Waals surface area contributed by atoms with Crippen molar-refractivity contribution in [2.45, 2.75) is 27.2 Å². The van der Waals surface area contributed by atoms with E-state index in [4.69, 9.17) is 13.8 Å². The molecule has 0 saturated carbocycles. The number of aromatic nitrogens is 1. The van der Waals surface area contributed by atoms with Gasteiger partial charge in [0.1, 0.15) is 11.2 Å². The summed E-state index contributed by atoms with van der Waals surface area (Å²) in [5.74, 6) is 0.519. The second-order valence-electron chi connectivity index (χ2n) is 5.26. The molecule has 7 nitrogen and oxygen atoms in total. The number of nitrogens with zero attached hydrogens (tertiary/aromatic N) is 1. The highest BCUT2D eigenvalue weighted by Crippen LogP contribution is 2.56. The van der Waals surface area contributed by atoms with Crippen LogP contribution in [0.4, 0.5) is 5.13 Å². The van der Waals surface area contributed by atoms with E-state index >= 15 is 0 Å². The summed E-state index contributed by atoms with van der Waals surface area (Å²) in [7, 11) is -2.26. The Bertz CT molecular complexity index is 808. The number of nitrogens with one attached hydrogen (secondary N) is 1. The Hall–Kier alpha value is -2.02. The maximum atomic E-state index is 13.5. The van der Waals surface area contributed by atoms with Gasteiger partial charge in [0, 0.05) is 17.6 Å². The van der Waals surface area contributed by atoms with Gasteiger partial charge in [0.25, 0.3) is 0 Å². The van der Waals surface area contributed by atoms with E-state index in [9.17, 15) is 9.67 Å². The number of phenols is 1. The van der Waals surface area contributed by atoms with Gasteiger partial charge in [-0.3, -0.25) is 4.52 Å². The van der Waals surface area contributed by atoms with Crippen molar-refractivity contribution in [2.75, 3.05) is 19.0 Å². The Morgan fingerprint density at radius 1 is 1.42 bits per heavy atom. The summed E-state index contributed by atoms with van der Waals surface area (Å²) in [4.78, 5) is 4.15. The van der Waals surface area contributed by atoms with E-state index in [2.05, 4.69) is 10.3 Å². The van der Waals surface area contributed by atoms with Crippen LogP contribution in [0.2, 0.25) is 0 Å². The number of rotatable bonds is 9. The molecule has 1 heterocycles. The Labute approximate surface area is 157 Å². The van der Waals surface area contributed by atoms with Crippen LogP contribution in [0.3, 0.4) is 0 Å². The third-order valence-corrected chi connectivity index (χ3v) is 5.97. The molecule has 0 aliphatic heterocycles. The number of anilines is 1. The van der Waals surface area contributed by atoms with E-state index in [1.807, 2.05) is 12.3 Å². The lowest BCUT2D eigenvalue weighted by atomic mass is 10.2. The Morgan fingerprint density at radius 3 is 2.77 bits per heavy atom. The number of aryl methyl sites for hydroxylation is 1. The van der Waals surface area contributed by atoms with Gasteiger partial charge in [-0.25, -0.2) is 9.55 Å². The number of hydrogen-bond donors (Lipinski definition) is 2. The minimum atomic E-state index is -3.69. The molecule has 142 valence electrons. The van der Waals surface area contributed by atoms with E-state index in [0.29, 0.717) is 22.6 Å². The molecule has 0 saturated heterocycles. The lowest BCUT2D eigenvalue weighted by Crippen LogP contribution is -2.08. The van der Waals surface area contributed by atoms with Crippen molar-refractivity contribution >= 4 is 24.1 Å². The van der Waals surface area contributed by atoms with E-state index in [-0.39, 0.29) is 23.9 Å². The lowest BCUT2D eigenvalue weighted by molar-refractivity contribution is 0.285. The Morgan fingerprint density at radius 2 is 2.19 bits per heavy atom. The third-order valence-electron chi connectivity index (χ3n) is 3.34. The van der Waals surface area contributed by atoms with E-state index < -0.39 is 7.60 Å². The molecule has 26 heavy (non-hydrogen) atoms. The molecule has 0 spiro atoms. The lowest BCUT2D eigenvalue weighted by Gasteiger charge is -2.22. The first-order chi connectivity index (χ1) is 12.4. The van der Waals surface area contributed by atoms with E-state index in [1.165, 1.54) is 24.5 Å². The van der Waals surface area contributed by atoms with Crippen molar-refractivity contribution in [1.29, 1.82) is 0 Å². The number of hydrogen-bond acceptors (Lipinski definition) is 8. The van der Waals surface area contributed by atoms with Crippen LogP contribution in [0.1, 0.15) is 25.8 Å². The standard InChI is InChI=1S/C17H23N2O5PS/c1-5-7-15(19-17-18-8-9-26-17)25(21,23-6-2)24-13-10-12(3)16(20)14(11-13)22-4/h7-11,20H,5-6H2,1-4H3,(H,18,19)/b15-7+. The molecule has 0 aliphatic rings. The largest absolute Gasteiger partial charge is 0.504 e. The minimum absolute atomic E-state index is 0.0105. The van der Waals surface area contributed by atoms with Crippen molar-refractivity contribution in [3.05, 3.63) is 40.8 Å². The molecule has 0 bridgehead atoms. The van der Waals surface area contributed by atoms with Gasteiger partial charge in [0.15, 0.2) is 16.6 Å². The smallest absolute Gasteiger partial charge is 0.426 e. The number of allylic oxidation sites excluding steroid dienone is 1. The molecule has 0 aliphatic carbocycles. The van der Waals surface area contributed by atoms with Crippen LogP contribution in [0.15, 0.2) is 35.2 Å². The molecule has 1 atom stereocenters. The number of methoxy groups -OCH3 is 1. The first kappa shape index (κ1) is 20.3. The second-order valence-corrected chi connectivity index (χ2v) is 8.07. The zero-order valence-electron chi connectivity index (χ0n) is 15.2. The number of ether oxygens (including phenoxy) is 1. The summed E-state index contributed by atoms with van der Waals surface area (Å²) in [5, 5.41) is 15.4. The zero-order valence-corrected chi connectivity index (χ0v) is 16.9. The first-order valence-electron chi connectivity index (χ1n) is 8.12. The van der Waals surface area contributed by atoms with Gasteiger partial charge < -0.3 is 19.7 Å². The molecule has 2 N–H and O–H groups in total. The van der Waals surface area contributed by atoms with Gasteiger partial charge in [-0.1, -0.05) is 13.0 Å². The Balaban J connectivity index is 2.40. The molecule has 0 fully saturated rings. The summed E-state index contributed by atoms with van der Waals surface area (Å²) in [6.45, 7) is 5.57. The highest BCUT2D eigenvalue weighted by atomic mass is 32.1. The van der Waals surface area contributed by atoms with Gasteiger partial charge in [-0.15, -0.1) is 11.3 Å². The maximum absolute atomic E-state index is 13.5. The van der Waals surface area contributed by atoms with Crippen LogP contribution in [0, 0.1) is 6.92 Å². The van der Waals surface area contributed by atoms with Gasteiger partial charge in [-0.2, -0.15) is 0 Å². The zero-order chi connectivity index (χ0) is 19.2. The quantitative estimate of drug-likeness (QED) is 0.565. The maximum Gasteiger partial charge on any atom is 0.426 e. The van der Waals surface area contributed by atoms with Crippen molar-refractivity contribution in [2.24, 2.45) is 0 Å². The topological polar surface area (TPSA) is 89.9 Å². The van der Waals surface area contributed by atoms with Crippen molar-refractivity contribution in [3.63, 3.8) is 0 Å². The molecular weight excluding hydrogens is 375 g/mol. The monoisotopic (exact) mass is 398 g/mol. The summed E-state index contributed by atoms with van der Waals surface area (Å²) < 4.78 is 29.9. The fourth-order valence-electron chi connectivity index (χ4n) is 2.20. The molecule has 1 unspecified atom stereocenters. The molecule has 1 aromatic heterocycles. The van der Waals surface area contributed by atoms with Crippen molar-refractivity contribution < 1.29 is 23.5 Å². The summed E-state index contributed by atoms with van der Waals surface area (Å²) in [5.41, 5.74) is 0.859. The third kappa shape index (κ3) is 4.78. The van der Waals surface area contributed by atoms with Crippen LogP contribution < -0.4 is 14.6 Å². The average Bonchev–Trinajstić information content (AvgIpc) is 3.11. The van der Waals surface area contributed by atoms with Gasteiger partial charge in [0.2, 0.25) is 0 Å². The van der Waals surface area contributed by atoms with Crippen LogP contribution in [0.25, 0.3) is 0 Å². The van der Waals surface area contributed by atoms with Crippen LogP contribution in [-0.2, 0) is 9.09 Å². The summed E-state index contributed by atoms with van der Waals surface area (Å²) in [6, 6.07) is 3.05. The predicted molar refractivity (Wildman–Crippen MR) is 103 cm³/mol. The fraction of sp³-hybridized carbons (Fsp3) is 0.353. The molecule has 9 heteroatoms. The normalized spacial score (nSPS) is 13.9. The highest BCUT2D eigenvalue weighted by Gasteiger charge is 2.33. The predicted octanol–water partition coefficient (Wildman–Crippen LogP) is 5.14. The van der Waals surface area contributed by atoms with Crippen LogP contribution in [0.5, 0.6) is 17.2 Å². The summed E-state index contributed by atoms with van der Waals surface area (Å²) >= 11 is 1.38. The van der Waals surface area contributed by atoms with Crippen molar-refractivity contribution in [3.8, 4) is 17.2 Å². The van der Waals surface area contributed by atoms with Gasteiger partial charge in [-0.05, 0) is 31.9 Å². The van der Waals surface area contributed by atoms with E-state index in [1.54, 1.807) is 32.2 Å². The van der Waals surface area contributed by atoms with Gasteiger partial charge in [0.05, 0.1) is 13.7 Å². The molecule has 1 aromatic carbocycles. The van der Waals surface area contributed by atoms with Crippen LogP contribution >= 0.6 is 18.9 Å². The van der Waals surface area contributed by atoms with Gasteiger partial charge >= 0.3 is 7.60 Å². The van der Waals surface area contributed by atoms with Crippen molar-refractivity contribution in [1.82, 2.24) is 4.98 Å². The molecular formula is C17H23N2O5PS.